The predicted octanol–water partition coefficient (Wildman–Crippen LogP) is -0.0597. The molecule has 92 valence electrons. The van der Waals surface area contributed by atoms with Crippen molar-refractivity contribution in [2.24, 2.45) is 0 Å². The van der Waals surface area contributed by atoms with Crippen LogP contribution in [0.15, 0.2) is 0 Å². The van der Waals surface area contributed by atoms with E-state index in [1.54, 1.807) is 7.11 Å². The first-order chi connectivity index (χ1) is 6.95. The molecule has 0 aliphatic carbocycles. The van der Waals surface area contributed by atoms with Gasteiger partial charge >= 0.3 is 0 Å². The number of nitrogens with one attached hydrogen (secondary N) is 2. The molecule has 6 heteroatoms. The molecule has 0 saturated heterocycles. The molecule has 2 N–H and O–H groups in total. The Morgan fingerprint density at radius 2 is 2.00 bits per heavy atom. The first kappa shape index (κ1) is 14.8. The summed E-state index contributed by atoms with van der Waals surface area (Å²) in [5.41, 5.74) is 0. The van der Waals surface area contributed by atoms with E-state index in [2.05, 4.69) is 17.0 Å². The second-order valence-electron chi connectivity index (χ2n) is 3.66. The van der Waals surface area contributed by atoms with Gasteiger partial charge in [-0.05, 0) is 26.3 Å². The summed E-state index contributed by atoms with van der Waals surface area (Å²) in [6.45, 7) is 4.13. The van der Waals surface area contributed by atoms with Crippen molar-refractivity contribution < 1.29 is 13.2 Å². The van der Waals surface area contributed by atoms with Gasteiger partial charge in [0.15, 0.2) is 0 Å². The van der Waals surface area contributed by atoms with Gasteiger partial charge in [0.25, 0.3) is 0 Å². The van der Waals surface area contributed by atoms with Crippen LogP contribution in [0.4, 0.5) is 0 Å². The summed E-state index contributed by atoms with van der Waals surface area (Å²) in [5.74, 6) is 0. The average molecular weight is 238 g/mol. The van der Waals surface area contributed by atoms with E-state index in [0.29, 0.717) is 12.6 Å². The number of sulfonamides is 1. The van der Waals surface area contributed by atoms with E-state index in [1.807, 2.05) is 0 Å². The average Bonchev–Trinajstić information content (AvgIpc) is 2.12. The second-order valence-corrected chi connectivity index (χ2v) is 5.49. The molecule has 0 fully saturated rings. The van der Waals surface area contributed by atoms with E-state index in [1.165, 1.54) is 6.26 Å². The van der Waals surface area contributed by atoms with Gasteiger partial charge in [0.1, 0.15) is 0 Å². The summed E-state index contributed by atoms with van der Waals surface area (Å²) < 4.78 is 28.8. The lowest BCUT2D eigenvalue weighted by molar-refractivity contribution is 0.185. The van der Waals surface area contributed by atoms with Crippen molar-refractivity contribution in [1.82, 2.24) is 10.0 Å². The smallest absolute Gasteiger partial charge is 0.208 e. The lowest BCUT2D eigenvalue weighted by Crippen LogP contribution is -2.31. The summed E-state index contributed by atoms with van der Waals surface area (Å²) in [6.07, 6.45) is 2.93. The Bertz CT molecular complexity index is 242. The van der Waals surface area contributed by atoms with Crippen molar-refractivity contribution >= 4 is 10.0 Å². The Balaban J connectivity index is 3.31. The van der Waals surface area contributed by atoms with E-state index < -0.39 is 10.0 Å². The van der Waals surface area contributed by atoms with Crippen LogP contribution in [0.1, 0.15) is 19.8 Å². The summed E-state index contributed by atoms with van der Waals surface area (Å²) in [4.78, 5) is 0. The van der Waals surface area contributed by atoms with Crippen molar-refractivity contribution in [2.45, 2.75) is 25.8 Å². The minimum atomic E-state index is -3.04. The van der Waals surface area contributed by atoms with Crippen molar-refractivity contribution in [3.63, 3.8) is 0 Å². The second kappa shape index (κ2) is 8.04. The Morgan fingerprint density at radius 1 is 1.33 bits per heavy atom. The van der Waals surface area contributed by atoms with Gasteiger partial charge < -0.3 is 10.1 Å². The van der Waals surface area contributed by atoms with Gasteiger partial charge in [-0.3, -0.25) is 0 Å². The molecule has 0 aromatic carbocycles. The summed E-state index contributed by atoms with van der Waals surface area (Å²) in [7, 11) is -1.35. The molecule has 0 bridgehead atoms. The van der Waals surface area contributed by atoms with Gasteiger partial charge in [0, 0.05) is 26.3 Å². The Hall–Kier alpha value is -0.170. The lowest BCUT2D eigenvalue weighted by Gasteiger charge is -2.12. The normalized spacial score (nSPS) is 14.1. The molecule has 5 nitrogen and oxygen atoms in total. The number of rotatable bonds is 9. The molecule has 0 aromatic heterocycles. The molecule has 0 saturated carbocycles. The highest BCUT2D eigenvalue weighted by atomic mass is 32.2. The van der Waals surface area contributed by atoms with E-state index in [0.717, 1.165) is 26.0 Å². The Labute approximate surface area is 92.6 Å². The van der Waals surface area contributed by atoms with Crippen LogP contribution in [-0.4, -0.2) is 47.5 Å². The molecule has 0 aromatic rings. The molecule has 1 unspecified atom stereocenters. The lowest BCUT2D eigenvalue weighted by atomic mass is 10.2. The summed E-state index contributed by atoms with van der Waals surface area (Å²) in [5, 5.41) is 3.29. The van der Waals surface area contributed by atoms with Gasteiger partial charge in [0.05, 0.1) is 6.26 Å². The molecule has 0 radical (unpaired) electrons. The minimum absolute atomic E-state index is 0.406. The topological polar surface area (TPSA) is 67.4 Å². The highest BCUT2D eigenvalue weighted by molar-refractivity contribution is 7.88. The van der Waals surface area contributed by atoms with E-state index >= 15 is 0 Å². The zero-order chi connectivity index (χ0) is 11.7. The Kier molecular flexibility index (Phi) is 7.95. The maximum atomic E-state index is 10.7. The van der Waals surface area contributed by atoms with Crippen molar-refractivity contribution in [2.75, 3.05) is 33.1 Å². The van der Waals surface area contributed by atoms with Gasteiger partial charge in [0.2, 0.25) is 10.0 Å². The number of ether oxygens (including phenoxy) is 1. The molecule has 0 aliphatic rings. The predicted molar refractivity (Wildman–Crippen MR) is 61.4 cm³/mol. The molecule has 0 spiro atoms. The molecule has 0 heterocycles. The fourth-order valence-electron chi connectivity index (χ4n) is 1.09. The number of hydrogen-bond donors (Lipinski definition) is 2. The van der Waals surface area contributed by atoms with Crippen LogP contribution in [0, 0.1) is 0 Å². The SMILES string of the molecule is COCCC(C)NCCCNS(C)(=O)=O. The zero-order valence-corrected chi connectivity index (χ0v) is 10.6. The van der Waals surface area contributed by atoms with E-state index in [4.69, 9.17) is 4.74 Å². The quantitative estimate of drug-likeness (QED) is 0.552. The highest BCUT2D eigenvalue weighted by Gasteiger charge is 2.01. The third kappa shape index (κ3) is 11.8. The Morgan fingerprint density at radius 3 is 2.53 bits per heavy atom. The molecule has 0 rings (SSSR count). The van der Waals surface area contributed by atoms with Crippen molar-refractivity contribution in [1.29, 1.82) is 0 Å². The molecule has 0 amide bonds. The molecule has 0 aliphatic heterocycles. The zero-order valence-electron chi connectivity index (χ0n) is 9.75. The maximum absolute atomic E-state index is 10.7. The third-order valence-electron chi connectivity index (χ3n) is 1.97. The minimum Gasteiger partial charge on any atom is -0.385 e. The van der Waals surface area contributed by atoms with Crippen LogP contribution < -0.4 is 10.0 Å². The maximum Gasteiger partial charge on any atom is 0.208 e. The van der Waals surface area contributed by atoms with Gasteiger partial charge in [-0.2, -0.15) is 0 Å². The molecule has 1 atom stereocenters. The first-order valence-electron chi connectivity index (χ1n) is 5.12. The van der Waals surface area contributed by atoms with Crippen LogP contribution in [0.2, 0.25) is 0 Å². The summed E-state index contributed by atoms with van der Waals surface area (Å²) in [6, 6.07) is 0.406. The van der Waals surface area contributed by atoms with Gasteiger partial charge in [-0.1, -0.05) is 0 Å². The monoisotopic (exact) mass is 238 g/mol. The van der Waals surface area contributed by atoms with Crippen LogP contribution in [0.25, 0.3) is 0 Å². The third-order valence-corrected chi connectivity index (χ3v) is 2.69. The van der Waals surface area contributed by atoms with Gasteiger partial charge in [-0.25, -0.2) is 13.1 Å². The van der Waals surface area contributed by atoms with Crippen LogP contribution in [0.5, 0.6) is 0 Å². The van der Waals surface area contributed by atoms with Crippen LogP contribution in [-0.2, 0) is 14.8 Å². The standard InChI is InChI=1S/C9H22N2O3S/c1-9(5-8-14-2)10-6-4-7-11-15(3,12)13/h9-11H,4-8H2,1-3H3. The van der Waals surface area contributed by atoms with Crippen LogP contribution in [0.3, 0.4) is 0 Å². The largest absolute Gasteiger partial charge is 0.385 e. The molecule has 15 heavy (non-hydrogen) atoms. The molecular weight excluding hydrogens is 216 g/mol. The van der Waals surface area contributed by atoms with Gasteiger partial charge in [-0.15, -0.1) is 0 Å². The first-order valence-corrected chi connectivity index (χ1v) is 7.02. The van der Waals surface area contributed by atoms with E-state index in [9.17, 15) is 8.42 Å². The summed E-state index contributed by atoms with van der Waals surface area (Å²) >= 11 is 0. The fraction of sp³-hybridized carbons (Fsp3) is 1.00. The fourth-order valence-corrected chi connectivity index (χ4v) is 1.61. The van der Waals surface area contributed by atoms with Crippen molar-refractivity contribution in [3.8, 4) is 0 Å². The number of hydrogen-bond acceptors (Lipinski definition) is 4. The van der Waals surface area contributed by atoms with E-state index in [-0.39, 0.29) is 0 Å². The van der Waals surface area contributed by atoms with Crippen molar-refractivity contribution in [3.05, 3.63) is 0 Å². The molecular formula is C9H22N2O3S. The number of methoxy groups -OCH3 is 1. The van der Waals surface area contributed by atoms with Crippen LogP contribution >= 0.6 is 0 Å². The highest BCUT2D eigenvalue weighted by Crippen LogP contribution is 1.90.